The summed E-state index contributed by atoms with van der Waals surface area (Å²) < 4.78 is 7.75. The molecule has 3 aromatic heterocycles. The van der Waals surface area contributed by atoms with E-state index in [1.807, 2.05) is 36.0 Å². The van der Waals surface area contributed by atoms with E-state index in [-0.39, 0.29) is 6.04 Å². The zero-order valence-corrected chi connectivity index (χ0v) is 22.1. The predicted octanol–water partition coefficient (Wildman–Crippen LogP) is 2.32. The summed E-state index contributed by atoms with van der Waals surface area (Å²) in [4.78, 5) is 14.2. The first-order valence-corrected chi connectivity index (χ1v) is 13.7. The monoisotopic (exact) mass is 508 g/mol. The Morgan fingerprint density at radius 2 is 2.05 bits per heavy atom. The summed E-state index contributed by atoms with van der Waals surface area (Å²) in [5.74, 6) is 2.43. The first-order chi connectivity index (χ1) is 18.1. The van der Waals surface area contributed by atoms with Crippen molar-refractivity contribution >= 4 is 17.3 Å². The van der Waals surface area contributed by atoms with Crippen molar-refractivity contribution in [2.24, 2.45) is 0 Å². The number of aliphatic hydroxyl groups excluding tert-OH is 1. The minimum atomic E-state index is -0.408. The maximum absolute atomic E-state index is 10.4. The summed E-state index contributed by atoms with van der Waals surface area (Å²) >= 11 is 0. The highest BCUT2D eigenvalue weighted by atomic mass is 16.5. The van der Waals surface area contributed by atoms with Crippen LogP contribution in [0.2, 0.25) is 0 Å². The lowest BCUT2D eigenvalue weighted by Crippen LogP contribution is -2.46. The minimum Gasteiger partial charge on any atom is -0.476 e. The van der Waals surface area contributed by atoms with Crippen LogP contribution >= 0.6 is 0 Å². The molecule has 2 aliphatic rings. The van der Waals surface area contributed by atoms with E-state index in [0.717, 1.165) is 93.4 Å². The number of hydrogen-bond acceptors (Lipinski definition) is 9. The Kier molecular flexibility index (Phi) is 8.38. The maximum Gasteiger partial charge on any atom is 0.213 e. The van der Waals surface area contributed by atoms with Gasteiger partial charge in [-0.15, -0.1) is 0 Å². The quantitative estimate of drug-likeness (QED) is 0.381. The number of aliphatic hydroxyl groups is 1. The third-order valence-corrected chi connectivity index (χ3v) is 7.45. The number of piperazine rings is 1. The van der Waals surface area contributed by atoms with Crippen molar-refractivity contribution in [2.75, 3.05) is 56.1 Å². The molecule has 0 bridgehead atoms. The molecule has 3 aromatic rings. The SMILES string of the molecule is CCc1cnn2c(NCc3ccc(OCCN4CCNCC4)nc3)cc(N3CCCC[C@H]3C(C)O)nc12. The Morgan fingerprint density at radius 3 is 2.81 bits per heavy atom. The molecule has 1 unspecified atom stereocenters. The predicted molar refractivity (Wildman–Crippen MR) is 145 cm³/mol. The number of aryl methyl sites for hydroxylation is 1. The molecule has 2 atom stereocenters. The van der Waals surface area contributed by atoms with Crippen LogP contribution in [0.1, 0.15) is 44.2 Å². The molecule has 0 aliphatic carbocycles. The molecule has 0 spiro atoms. The number of nitrogens with one attached hydrogen (secondary N) is 2. The molecule has 0 radical (unpaired) electrons. The van der Waals surface area contributed by atoms with E-state index in [2.05, 4.69) is 43.5 Å². The van der Waals surface area contributed by atoms with Crippen molar-refractivity contribution in [2.45, 2.75) is 58.2 Å². The minimum absolute atomic E-state index is 0.0767. The summed E-state index contributed by atoms with van der Waals surface area (Å²) in [5, 5.41) is 21.9. The van der Waals surface area contributed by atoms with Gasteiger partial charge in [0.1, 0.15) is 18.2 Å². The highest BCUT2D eigenvalue weighted by molar-refractivity contribution is 5.61. The van der Waals surface area contributed by atoms with Gasteiger partial charge >= 0.3 is 0 Å². The Hall–Kier alpha value is -2.95. The number of aromatic nitrogens is 4. The maximum atomic E-state index is 10.4. The molecule has 2 saturated heterocycles. The van der Waals surface area contributed by atoms with Crippen LogP contribution in [0.15, 0.2) is 30.6 Å². The molecule has 10 nitrogen and oxygen atoms in total. The van der Waals surface area contributed by atoms with Crippen LogP contribution in [0, 0.1) is 0 Å². The van der Waals surface area contributed by atoms with Gasteiger partial charge in [0, 0.05) is 69.7 Å². The third kappa shape index (κ3) is 6.14. The topological polar surface area (TPSA) is 103 Å². The van der Waals surface area contributed by atoms with E-state index in [9.17, 15) is 5.11 Å². The molecule has 0 saturated carbocycles. The first kappa shape index (κ1) is 25.7. The lowest BCUT2D eigenvalue weighted by Gasteiger charge is -2.38. The number of nitrogens with zero attached hydrogens (tertiary/aromatic N) is 6. The smallest absolute Gasteiger partial charge is 0.213 e. The van der Waals surface area contributed by atoms with Crippen molar-refractivity contribution in [3.63, 3.8) is 0 Å². The lowest BCUT2D eigenvalue weighted by atomic mass is 9.98. The molecule has 10 heteroatoms. The molecule has 5 heterocycles. The van der Waals surface area contributed by atoms with Crippen LogP contribution in [0.5, 0.6) is 5.88 Å². The standard InChI is InChI=1S/C27H40N8O2/c1-3-22-19-31-35-24(16-25(32-27(22)35)34-11-5-4-6-23(34)20(2)36)29-17-21-7-8-26(30-18-21)37-15-14-33-12-9-28-10-13-33/h7-8,16,18-20,23,28-29,36H,3-6,9-15,17H2,1-2H3/t20?,23-/m0/s1. The highest BCUT2D eigenvalue weighted by Crippen LogP contribution is 2.29. The van der Waals surface area contributed by atoms with Gasteiger partial charge in [0.25, 0.3) is 0 Å². The lowest BCUT2D eigenvalue weighted by molar-refractivity contribution is 0.145. The van der Waals surface area contributed by atoms with Crippen molar-refractivity contribution in [1.29, 1.82) is 0 Å². The van der Waals surface area contributed by atoms with Crippen LogP contribution in [-0.4, -0.2) is 87.6 Å². The van der Waals surface area contributed by atoms with Gasteiger partial charge in [-0.1, -0.05) is 13.0 Å². The van der Waals surface area contributed by atoms with E-state index in [1.165, 1.54) is 0 Å². The van der Waals surface area contributed by atoms with Crippen LogP contribution in [0.25, 0.3) is 5.65 Å². The van der Waals surface area contributed by atoms with Gasteiger partial charge in [0.2, 0.25) is 5.88 Å². The van der Waals surface area contributed by atoms with Crippen molar-refractivity contribution < 1.29 is 9.84 Å². The normalized spacial score (nSPS) is 19.8. The number of piperidine rings is 1. The van der Waals surface area contributed by atoms with Gasteiger partial charge < -0.3 is 25.4 Å². The second kappa shape index (κ2) is 12.1. The summed E-state index contributed by atoms with van der Waals surface area (Å²) in [6.45, 7) is 11.3. The molecular weight excluding hydrogens is 468 g/mol. The Bertz CT molecular complexity index is 1140. The van der Waals surface area contributed by atoms with Crippen LogP contribution in [-0.2, 0) is 13.0 Å². The summed E-state index contributed by atoms with van der Waals surface area (Å²) in [7, 11) is 0. The molecular formula is C27H40N8O2. The van der Waals surface area contributed by atoms with Gasteiger partial charge in [-0.2, -0.15) is 9.61 Å². The number of rotatable bonds is 10. The number of ether oxygens (including phenoxy) is 1. The van der Waals surface area contributed by atoms with Crippen LogP contribution < -0.4 is 20.3 Å². The van der Waals surface area contributed by atoms with E-state index in [0.29, 0.717) is 19.0 Å². The number of pyridine rings is 1. The second-order valence-electron chi connectivity index (χ2n) is 10.1. The zero-order chi connectivity index (χ0) is 25.6. The Morgan fingerprint density at radius 1 is 1.19 bits per heavy atom. The number of anilines is 2. The highest BCUT2D eigenvalue weighted by Gasteiger charge is 2.28. The van der Waals surface area contributed by atoms with E-state index >= 15 is 0 Å². The second-order valence-corrected chi connectivity index (χ2v) is 10.1. The summed E-state index contributed by atoms with van der Waals surface area (Å²) in [6.07, 6.45) is 7.42. The summed E-state index contributed by atoms with van der Waals surface area (Å²) in [6, 6.07) is 6.12. The molecule has 200 valence electrons. The first-order valence-electron chi connectivity index (χ1n) is 13.7. The third-order valence-electron chi connectivity index (χ3n) is 7.45. The fourth-order valence-corrected chi connectivity index (χ4v) is 5.27. The fourth-order valence-electron chi connectivity index (χ4n) is 5.27. The van der Waals surface area contributed by atoms with Crippen molar-refractivity contribution in [3.05, 3.63) is 41.7 Å². The Balaban J connectivity index is 1.27. The average Bonchev–Trinajstić information content (AvgIpc) is 3.36. The van der Waals surface area contributed by atoms with Crippen molar-refractivity contribution in [3.8, 4) is 5.88 Å². The summed E-state index contributed by atoms with van der Waals surface area (Å²) in [5.41, 5.74) is 3.03. The number of fused-ring (bicyclic) bond motifs is 1. The largest absolute Gasteiger partial charge is 0.476 e. The van der Waals surface area contributed by atoms with Crippen LogP contribution in [0.4, 0.5) is 11.6 Å². The molecule has 37 heavy (non-hydrogen) atoms. The van der Waals surface area contributed by atoms with Gasteiger partial charge in [0.05, 0.1) is 18.3 Å². The zero-order valence-electron chi connectivity index (χ0n) is 22.1. The molecule has 3 N–H and O–H groups in total. The average molecular weight is 509 g/mol. The molecule has 5 rings (SSSR count). The fraction of sp³-hybridized carbons (Fsp3) is 0.593. The van der Waals surface area contributed by atoms with E-state index < -0.39 is 6.10 Å². The van der Waals surface area contributed by atoms with E-state index in [4.69, 9.17) is 9.72 Å². The van der Waals surface area contributed by atoms with Gasteiger partial charge in [0.15, 0.2) is 5.65 Å². The van der Waals surface area contributed by atoms with Gasteiger partial charge in [-0.05, 0) is 38.2 Å². The Labute approximate surface area is 219 Å². The van der Waals surface area contributed by atoms with Crippen molar-refractivity contribution in [1.82, 2.24) is 29.8 Å². The van der Waals surface area contributed by atoms with Crippen LogP contribution in [0.3, 0.4) is 0 Å². The molecule has 2 fully saturated rings. The van der Waals surface area contributed by atoms with Gasteiger partial charge in [-0.25, -0.2) is 9.97 Å². The molecule has 2 aliphatic heterocycles. The molecule has 0 aromatic carbocycles. The van der Waals surface area contributed by atoms with E-state index in [1.54, 1.807) is 0 Å². The number of hydrogen-bond donors (Lipinski definition) is 3. The van der Waals surface area contributed by atoms with Gasteiger partial charge in [-0.3, -0.25) is 4.90 Å². The molecule has 0 amide bonds.